The smallest absolute Gasteiger partial charge is 0.292 e. The van der Waals surface area contributed by atoms with E-state index in [1.807, 2.05) is 0 Å². The Morgan fingerprint density at radius 1 is 1.67 bits per heavy atom. The van der Waals surface area contributed by atoms with Crippen molar-refractivity contribution in [2.45, 2.75) is 13.0 Å². The van der Waals surface area contributed by atoms with E-state index in [2.05, 4.69) is 27.2 Å². The van der Waals surface area contributed by atoms with Crippen LogP contribution in [-0.2, 0) is 0 Å². The Morgan fingerprint density at radius 3 is 2.87 bits per heavy atom. The van der Waals surface area contributed by atoms with E-state index >= 15 is 0 Å². The van der Waals surface area contributed by atoms with E-state index in [4.69, 9.17) is 6.42 Å². The Kier molecular flexibility index (Phi) is 3.69. The second-order valence-corrected chi connectivity index (χ2v) is 3.87. The van der Waals surface area contributed by atoms with Gasteiger partial charge in [-0.05, 0) is 19.1 Å². The molecule has 1 aromatic rings. The SMILES string of the molecule is C#CC(C)Nc1cc(Br)ccc1[N+](=O)[O-]. The van der Waals surface area contributed by atoms with Crippen molar-refractivity contribution in [1.82, 2.24) is 0 Å². The summed E-state index contributed by atoms with van der Waals surface area (Å²) in [6.07, 6.45) is 5.19. The first-order chi connectivity index (χ1) is 7.04. The van der Waals surface area contributed by atoms with Gasteiger partial charge in [-0.25, -0.2) is 0 Å². The lowest BCUT2D eigenvalue weighted by Gasteiger charge is -2.09. The molecule has 4 nitrogen and oxygen atoms in total. The van der Waals surface area contributed by atoms with Crippen molar-refractivity contribution in [1.29, 1.82) is 0 Å². The van der Waals surface area contributed by atoms with E-state index in [-0.39, 0.29) is 11.7 Å². The van der Waals surface area contributed by atoms with Crippen LogP contribution in [0.5, 0.6) is 0 Å². The molecule has 0 aliphatic heterocycles. The van der Waals surface area contributed by atoms with E-state index < -0.39 is 4.92 Å². The molecule has 1 atom stereocenters. The largest absolute Gasteiger partial charge is 0.366 e. The molecule has 15 heavy (non-hydrogen) atoms. The Morgan fingerprint density at radius 2 is 2.33 bits per heavy atom. The van der Waals surface area contributed by atoms with Crippen molar-refractivity contribution >= 4 is 27.3 Å². The number of hydrogen-bond acceptors (Lipinski definition) is 3. The lowest BCUT2D eigenvalue weighted by atomic mass is 10.2. The van der Waals surface area contributed by atoms with Crippen LogP contribution in [0.2, 0.25) is 0 Å². The fourth-order valence-corrected chi connectivity index (χ4v) is 1.42. The van der Waals surface area contributed by atoms with Gasteiger partial charge in [0.15, 0.2) is 0 Å². The summed E-state index contributed by atoms with van der Waals surface area (Å²) in [5.74, 6) is 2.45. The topological polar surface area (TPSA) is 55.2 Å². The van der Waals surface area contributed by atoms with E-state index in [9.17, 15) is 10.1 Å². The minimum atomic E-state index is -0.446. The third kappa shape index (κ3) is 2.96. The molecule has 0 saturated carbocycles. The van der Waals surface area contributed by atoms with Crippen molar-refractivity contribution < 1.29 is 4.92 Å². The lowest BCUT2D eigenvalue weighted by Crippen LogP contribution is -2.13. The molecule has 0 spiro atoms. The number of rotatable bonds is 3. The highest BCUT2D eigenvalue weighted by Gasteiger charge is 2.14. The van der Waals surface area contributed by atoms with Crippen LogP contribution in [0, 0.1) is 22.5 Å². The summed E-state index contributed by atoms with van der Waals surface area (Å²) >= 11 is 3.24. The number of anilines is 1. The fourth-order valence-electron chi connectivity index (χ4n) is 1.06. The quantitative estimate of drug-likeness (QED) is 0.521. The zero-order valence-electron chi connectivity index (χ0n) is 8.03. The molecule has 0 radical (unpaired) electrons. The van der Waals surface area contributed by atoms with Gasteiger partial charge in [-0.1, -0.05) is 21.9 Å². The summed E-state index contributed by atoms with van der Waals surface area (Å²) in [5, 5.41) is 13.6. The van der Waals surface area contributed by atoms with Crippen LogP contribution >= 0.6 is 15.9 Å². The normalized spacial score (nSPS) is 11.5. The number of benzene rings is 1. The minimum absolute atomic E-state index is 0.0142. The minimum Gasteiger partial charge on any atom is -0.366 e. The predicted molar refractivity (Wildman–Crippen MR) is 62.7 cm³/mol. The molecular formula is C10H9BrN2O2. The highest BCUT2D eigenvalue weighted by molar-refractivity contribution is 9.10. The van der Waals surface area contributed by atoms with Gasteiger partial charge in [0.2, 0.25) is 0 Å². The Labute approximate surface area is 96.0 Å². The predicted octanol–water partition coefficient (Wildman–Crippen LogP) is 2.79. The first kappa shape index (κ1) is 11.5. The Bertz CT molecular complexity index is 426. The number of nitro groups is 1. The van der Waals surface area contributed by atoms with E-state index in [1.165, 1.54) is 6.07 Å². The van der Waals surface area contributed by atoms with Gasteiger partial charge >= 0.3 is 0 Å². The van der Waals surface area contributed by atoms with Gasteiger partial charge in [-0.3, -0.25) is 10.1 Å². The molecule has 1 aromatic carbocycles. The molecule has 78 valence electrons. The first-order valence-electron chi connectivity index (χ1n) is 4.21. The zero-order valence-corrected chi connectivity index (χ0v) is 9.61. The number of terminal acetylenes is 1. The summed E-state index contributed by atoms with van der Waals surface area (Å²) in [6.45, 7) is 1.75. The molecule has 0 saturated heterocycles. The molecule has 0 aliphatic carbocycles. The number of nitrogens with zero attached hydrogens (tertiary/aromatic N) is 1. The molecule has 0 aliphatic rings. The zero-order chi connectivity index (χ0) is 11.4. The van der Waals surface area contributed by atoms with Crippen LogP contribution in [0.4, 0.5) is 11.4 Å². The van der Waals surface area contributed by atoms with Crippen LogP contribution in [0.15, 0.2) is 22.7 Å². The van der Waals surface area contributed by atoms with Gasteiger partial charge in [0.25, 0.3) is 5.69 Å². The van der Waals surface area contributed by atoms with Gasteiger partial charge < -0.3 is 5.32 Å². The van der Waals surface area contributed by atoms with Gasteiger partial charge in [0.1, 0.15) is 5.69 Å². The third-order valence-electron chi connectivity index (χ3n) is 1.78. The van der Waals surface area contributed by atoms with Crippen molar-refractivity contribution in [3.05, 3.63) is 32.8 Å². The molecule has 0 heterocycles. The fraction of sp³-hybridized carbons (Fsp3) is 0.200. The molecule has 1 rings (SSSR count). The summed E-state index contributed by atoms with van der Waals surface area (Å²) in [5.41, 5.74) is 0.431. The molecule has 1 N–H and O–H groups in total. The Hall–Kier alpha value is -1.54. The van der Waals surface area contributed by atoms with Crippen LogP contribution in [0.1, 0.15) is 6.92 Å². The molecule has 1 unspecified atom stereocenters. The summed E-state index contributed by atoms with van der Waals surface area (Å²) in [6, 6.07) is 4.42. The molecule has 0 fully saturated rings. The van der Waals surface area contributed by atoms with Gasteiger partial charge in [0, 0.05) is 10.5 Å². The van der Waals surface area contributed by atoms with Crippen LogP contribution in [0.3, 0.4) is 0 Å². The van der Waals surface area contributed by atoms with Gasteiger partial charge in [-0.2, -0.15) is 0 Å². The monoisotopic (exact) mass is 268 g/mol. The maximum Gasteiger partial charge on any atom is 0.292 e. The van der Waals surface area contributed by atoms with E-state index in [0.717, 1.165) is 4.47 Å². The average Bonchev–Trinajstić information content (AvgIpc) is 2.17. The standard InChI is InChI=1S/C10H9BrN2O2/c1-3-7(2)12-9-6-8(11)4-5-10(9)13(14)15/h1,4-7,12H,2H3. The number of halogens is 1. The maximum atomic E-state index is 10.7. The number of nitrogens with one attached hydrogen (secondary N) is 1. The van der Waals surface area contributed by atoms with Crippen LogP contribution in [-0.4, -0.2) is 11.0 Å². The Balaban J connectivity index is 3.08. The van der Waals surface area contributed by atoms with Gasteiger partial charge in [0.05, 0.1) is 11.0 Å². The first-order valence-corrected chi connectivity index (χ1v) is 5.00. The molecular weight excluding hydrogens is 260 g/mol. The highest BCUT2D eigenvalue weighted by Crippen LogP contribution is 2.28. The van der Waals surface area contributed by atoms with Gasteiger partial charge in [-0.15, -0.1) is 6.42 Å². The van der Waals surface area contributed by atoms with Crippen LogP contribution in [0.25, 0.3) is 0 Å². The second kappa shape index (κ2) is 4.80. The molecule has 5 heteroatoms. The van der Waals surface area contributed by atoms with Crippen molar-refractivity contribution in [2.24, 2.45) is 0 Å². The summed E-state index contributed by atoms with van der Waals surface area (Å²) < 4.78 is 0.764. The highest BCUT2D eigenvalue weighted by atomic mass is 79.9. The van der Waals surface area contributed by atoms with Crippen molar-refractivity contribution in [3.8, 4) is 12.3 Å². The van der Waals surface area contributed by atoms with Crippen molar-refractivity contribution in [2.75, 3.05) is 5.32 Å². The number of hydrogen-bond donors (Lipinski definition) is 1. The molecule has 0 aromatic heterocycles. The summed E-state index contributed by atoms with van der Waals surface area (Å²) in [7, 11) is 0. The van der Waals surface area contributed by atoms with E-state index in [0.29, 0.717) is 5.69 Å². The second-order valence-electron chi connectivity index (χ2n) is 2.95. The van der Waals surface area contributed by atoms with Crippen molar-refractivity contribution in [3.63, 3.8) is 0 Å². The molecule has 0 bridgehead atoms. The molecule has 0 amide bonds. The summed E-state index contributed by atoms with van der Waals surface area (Å²) in [4.78, 5) is 10.3. The van der Waals surface area contributed by atoms with E-state index in [1.54, 1.807) is 19.1 Å². The average molecular weight is 269 g/mol. The van der Waals surface area contributed by atoms with Crippen LogP contribution < -0.4 is 5.32 Å². The number of nitro benzene ring substituents is 1. The maximum absolute atomic E-state index is 10.7. The lowest BCUT2D eigenvalue weighted by molar-refractivity contribution is -0.384. The third-order valence-corrected chi connectivity index (χ3v) is 2.27.